The first kappa shape index (κ1) is 11.3. The van der Waals surface area contributed by atoms with Gasteiger partial charge in [0.05, 0.1) is 24.3 Å². The first-order valence-electron chi connectivity index (χ1n) is 4.59. The Morgan fingerprint density at radius 1 is 1.73 bits per heavy atom. The molecular formula is C10H14N4O. The number of rotatable bonds is 2. The van der Waals surface area contributed by atoms with E-state index in [0.29, 0.717) is 6.54 Å². The van der Waals surface area contributed by atoms with Gasteiger partial charge in [-0.2, -0.15) is 5.10 Å². The van der Waals surface area contributed by atoms with Gasteiger partial charge in [0.2, 0.25) is 5.91 Å². The molecule has 0 radical (unpaired) electrons. The van der Waals surface area contributed by atoms with E-state index in [2.05, 4.69) is 22.3 Å². The fraction of sp³-hybridized carbons (Fsp3) is 0.400. The molecule has 0 spiro atoms. The summed E-state index contributed by atoms with van der Waals surface area (Å²) in [5.41, 5.74) is 6.88. The molecule has 1 rings (SSSR count). The number of nitrogens with two attached hydrogens (primary N) is 1. The molecule has 1 aromatic heterocycles. The van der Waals surface area contributed by atoms with Gasteiger partial charge in [0.15, 0.2) is 0 Å². The average molecular weight is 206 g/mol. The van der Waals surface area contributed by atoms with Crippen molar-refractivity contribution in [2.45, 2.75) is 6.92 Å². The van der Waals surface area contributed by atoms with Gasteiger partial charge in [0.25, 0.3) is 0 Å². The van der Waals surface area contributed by atoms with Gasteiger partial charge in [-0.25, -0.2) is 0 Å². The minimum Gasteiger partial charge on any atom is -0.344 e. The van der Waals surface area contributed by atoms with Crippen LogP contribution < -0.4 is 11.1 Å². The van der Waals surface area contributed by atoms with Crippen LogP contribution in [-0.2, 0) is 11.8 Å². The highest BCUT2D eigenvalue weighted by Gasteiger charge is 1.97. The van der Waals surface area contributed by atoms with Crippen LogP contribution in [0.1, 0.15) is 11.3 Å². The van der Waals surface area contributed by atoms with Crippen LogP contribution in [0.5, 0.6) is 0 Å². The lowest BCUT2D eigenvalue weighted by molar-refractivity contribution is -0.119. The summed E-state index contributed by atoms with van der Waals surface area (Å²) in [7, 11) is 1.84. The molecule has 0 atom stereocenters. The number of nitrogens with zero attached hydrogens (tertiary/aromatic N) is 2. The maximum Gasteiger partial charge on any atom is 0.234 e. The zero-order valence-corrected chi connectivity index (χ0v) is 8.87. The molecule has 1 heterocycles. The second kappa shape index (κ2) is 5.17. The summed E-state index contributed by atoms with van der Waals surface area (Å²) < 4.78 is 1.71. The highest BCUT2D eigenvalue weighted by molar-refractivity contribution is 5.77. The highest BCUT2D eigenvalue weighted by atomic mass is 16.1. The van der Waals surface area contributed by atoms with Gasteiger partial charge < -0.3 is 11.1 Å². The molecule has 0 unspecified atom stereocenters. The minimum atomic E-state index is -0.202. The van der Waals surface area contributed by atoms with Crippen molar-refractivity contribution < 1.29 is 4.79 Å². The van der Waals surface area contributed by atoms with Gasteiger partial charge in [-0.05, 0) is 6.92 Å². The maximum atomic E-state index is 10.8. The van der Waals surface area contributed by atoms with Crippen molar-refractivity contribution in [3.05, 3.63) is 17.5 Å². The van der Waals surface area contributed by atoms with Crippen molar-refractivity contribution >= 4 is 5.91 Å². The van der Waals surface area contributed by atoms with Crippen LogP contribution in [0.25, 0.3) is 0 Å². The average Bonchev–Trinajstić information content (AvgIpc) is 2.52. The summed E-state index contributed by atoms with van der Waals surface area (Å²) in [5, 5.41) is 6.71. The minimum absolute atomic E-state index is 0.00635. The number of nitrogens with one attached hydrogen (secondary N) is 1. The smallest absolute Gasteiger partial charge is 0.234 e. The largest absolute Gasteiger partial charge is 0.344 e. The summed E-state index contributed by atoms with van der Waals surface area (Å²) in [6, 6.07) is 0. The van der Waals surface area contributed by atoms with Crippen molar-refractivity contribution in [2.75, 3.05) is 13.1 Å². The van der Waals surface area contributed by atoms with Gasteiger partial charge in [0.1, 0.15) is 0 Å². The van der Waals surface area contributed by atoms with Crippen LogP contribution in [0, 0.1) is 18.8 Å². The fourth-order valence-electron chi connectivity index (χ4n) is 1.08. The first-order chi connectivity index (χ1) is 7.13. The molecule has 15 heavy (non-hydrogen) atoms. The zero-order valence-electron chi connectivity index (χ0n) is 8.87. The van der Waals surface area contributed by atoms with E-state index in [9.17, 15) is 4.79 Å². The molecule has 0 saturated heterocycles. The van der Waals surface area contributed by atoms with Crippen molar-refractivity contribution in [1.29, 1.82) is 0 Å². The molecule has 1 aromatic rings. The summed E-state index contributed by atoms with van der Waals surface area (Å²) in [6.45, 7) is 2.19. The molecule has 0 bridgehead atoms. The quantitative estimate of drug-likeness (QED) is 0.619. The second-order valence-corrected chi connectivity index (χ2v) is 3.08. The third kappa shape index (κ3) is 3.44. The topological polar surface area (TPSA) is 72.9 Å². The van der Waals surface area contributed by atoms with E-state index in [-0.39, 0.29) is 12.5 Å². The standard InChI is InChI=1S/C10H14N4O/c1-8-9(7-14(2)13-8)4-3-5-12-10(15)6-11/h7H,5-6,11H2,1-2H3,(H,12,15). The molecule has 0 fully saturated rings. The molecule has 0 saturated carbocycles. The molecule has 0 aliphatic heterocycles. The summed E-state index contributed by atoms with van der Waals surface area (Å²) >= 11 is 0. The Kier molecular flexibility index (Phi) is 3.89. The van der Waals surface area contributed by atoms with Crippen molar-refractivity contribution in [2.24, 2.45) is 12.8 Å². The molecule has 80 valence electrons. The summed E-state index contributed by atoms with van der Waals surface area (Å²) in [4.78, 5) is 10.8. The Balaban J connectivity index is 2.51. The lowest BCUT2D eigenvalue weighted by Crippen LogP contribution is -2.30. The number of aryl methyl sites for hydroxylation is 2. The molecule has 1 amide bonds. The third-order valence-corrected chi connectivity index (χ3v) is 1.80. The van der Waals surface area contributed by atoms with E-state index in [1.807, 2.05) is 20.2 Å². The predicted octanol–water partition coefficient (Wildman–Crippen LogP) is -0.845. The van der Waals surface area contributed by atoms with E-state index in [0.717, 1.165) is 11.3 Å². The van der Waals surface area contributed by atoms with Crippen LogP contribution in [0.2, 0.25) is 0 Å². The van der Waals surface area contributed by atoms with Crippen LogP contribution in [0.15, 0.2) is 6.20 Å². The Labute approximate surface area is 88.6 Å². The molecule has 3 N–H and O–H groups in total. The van der Waals surface area contributed by atoms with Gasteiger partial charge in [-0.3, -0.25) is 9.48 Å². The summed E-state index contributed by atoms with van der Waals surface area (Å²) in [6.07, 6.45) is 1.84. The molecule has 0 aliphatic carbocycles. The molecular weight excluding hydrogens is 192 g/mol. The number of hydrogen-bond acceptors (Lipinski definition) is 3. The normalized spacial score (nSPS) is 9.27. The van der Waals surface area contributed by atoms with Crippen molar-refractivity contribution in [3.8, 4) is 11.8 Å². The fourth-order valence-corrected chi connectivity index (χ4v) is 1.08. The Bertz CT molecular complexity index is 411. The second-order valence-electron chi connectivity index (χ2n) is 3.08. The SMILES string of the molecule is Cc1nn(C)cc1C#CCNC(=O)CN. The van der Waals surface area contributed by atoms with Crippen molar-refractivity contribution in [1.82, 2.24) is 15.1 Å². The van der Waals surface area contributed by atoms with Gasteiger partial charge in [-0.15, -0.1) is 0 Å². The number of carbonyl (C=O) groups excluding carboxylic acids is 1. The maximum absolute atomic E-state index is 10.8. The Hall–Kier alpha value is -1.80. The van der Waals surface area contributed by atoms with Crippen molar-refractivity contribution in [3.63, 3.8) is 0 Å². The Morgan fingerprint density at radius 2 is 2.47 bits per heavy atom. The van der Waals surface area contributed by atoms with Crippen LogP contribution in [0.4, 0.5) is 0 Å². The third-order valence-electron chi connectivity index (χ3n) is 1.80. The molecule has 5 heteroatoms. The van der Waals surface area contributed by atoms with E-state index in [1.165, 1.54) is 0 Å². The van der Waals surface area contributed by atoms with Gasteiger partial charge in [0, 0.05) is 13.2 Å². The molecule has 0 aliphatic rings. The predicted molar refractivity (Wildman–Crippen MR) is 56.9 cm³/mol. The number of aromatic nitrogens is 2. The zero-order chi connectivity index (χ0) is 11.3. The summed E-state index contributed by atoms with van der Waals surface area (Å²) in [5.74, 6) is 5.55. The number of carbonyl (C=O) groups is 1. The van der Waals surface area contributed by atoms with E-state index >= 15 is 0 Å². The van der Waals surface area contributed by atoms with Crippen LogP contribution >= 0.6 is 0 Å². The molecule has 5 nitrogen and oxygen atoms in total. The van der Waals surface area contributed by atoms with Crippen LogP contribution in [0.3, 0.4) is 0 Å². The number of amides is 1. The lowest BCUT2D eigenvalue weighted by atomic mass is 10.3. The monoisotopic (exact) mass is 206 g/mol. The number of hydrogen-bond donors (Lipinski definition) is 2. The van der Waals surface area contributed by atoms with Gasteiger partial charge in [-0.1, -0.05) is 11.8 Å². The van der Waals surface area contributed by atoms with E-state index in [4.69, 9.17) is 5.73 Å². The molecule has 0 aromatic carbocycles. The van der Waals surface area contributed by atoms with Gasteiger partial charge >= 0.3 is 0 Å². The van der Waals surface area contributed by atoms with Crippen LogP contribution in [-0.4, -0.2) is 28.8 Å². The van der Waals surface area contributed by atoms with E-state index < -0.39 is 0 Å². The van der Waals surface area contributed by atoms with E-state index in [1.54, 1.807) is 4.68 Å². The highest BCUT2D eigenvalue weighted by Crippen LogP contribution is 2.00. The lowest BCUT2D eigenvalue weighted by Gasteiger charge is -1.94. The first-order valence-corrected chi connectivity index (χ1v) is 4.59. The Morgan fingerprint density at radius 3 is 3.00 bits per heavy atom.